The maximum atomic E-state index is 12.9. The van der Waals surface area contributed by atoms with Crippen molar-refractivity contribution in [3.05, 3.63) is 72.4 Å². The maximum Gasteiger partial charge on any atom is 0.317 e. The van der Waals surface area contributed by atoms with Crippen molar-refractivity contribution in [2.75, 3.05) is 19.0 Å². The van der Waals surface area contributed by atoms with Crippen molar-refractivity contribution in [3.63, 3.8) is 0 Å². The average molecular weight is 390 g/mol. The summed E-state index contributed by atoms with van der Waals surface area (Å²) in [5.41, 5.74) is 2.20. The fourth-order valence-electron chi connectivity index (χ4n) is 3.59. The molecule has 0 amide bonds. The van der Waals surface area contributed by atoms with Gasteiger partial charge in [-0.15, -0.1) is 5.10 Å². The summed E-state index contributed by atoms with van der Waals surface area (Å²) >= 11 is 0. The summed E-state index contributed by atoms with van der Waals surface area (Å²) < 4.78 is 12.6. The van der Waals surface area contributed by atoms with Gasteiger partial charge in [-0.3, -0.25) is 4.79 Å². The van der Waals surface area contributed by atoms with Gasteiger partial charge < -0.3 is 14.8 Å². The Morgan fingerprint density at radius 3 is 2.62 bits per heavy atom. The summed E-state index contributed by atoms with van der Waals surface area (Å²) in [7, 11) is 1.60. The number of nitrogens with zero attached hydrogens (tertiary/aromatic N) is 3. The second-order valence-corrected chi connectivity index (χ2v) is 6.64. The molecule has 1 aliphatic rings. The first kappa shape index (κ1) is 18.7. The van der Waals surface area contributed by atoms with Crippen molar-refractivity contribution in [3.8, 4) is 17.1 Å². The summed E-state index contributed by atoms with van der Waals surface area (Å²) in [5.74, 6) is 0.687. The molecule has 0 radical (unpaired) electrons. The second kappa shape index (κ2) is 7.79. The van der Waals surface area contributed by atoms with Crippen LogP contribution in [0.15, 0.2) is 66.9 Å². The molecule has 0 spiro atoms. The smallest absolute Gasteiger partial charge is 0.317 e. The zero-order valence-electron chi connectivity index (χ0n) is 16.3. The number of nitrogens with one attached hydrogen (secondary N) is 1. The van der Waals surface area contributed by atoms with E-state index in [1.165, 1.54) is 0 Å². The summed E-state index contributed by atoms with van der Waals surface area (Å²) in [6.07, 6.45) is 0. The molecule has 0 fully saturated rings. The van der Waals surface area contributed by atoms with Crippen LogP contribution in [0.3, 0.4) is 0 Å². The molecule has 2 heterocycles. The number of hydrogen-bond acceptors (Lipinski definition) is 6. The number of rotatable bonds is 5. The fraction of sp³-hybridized carbons (Fsp3) is 0.227. The largest absolute Gasteiger partial charge is 0.496 e. The predicted octanol–water partition coefficient (Wildman–Crippen LogP) is 3.66. The lowest BCUT2D eigenvalue weighted by molar-refractivity contribution is -0.147. The first-order chi connectivity index (χ1) is 14.1. The number of methoxy groups -OCH3 is 1. The summed E-state index contributed by atoms with van der Waals surface area (Å²) in [4.78, 5) is 17.5. The summed E-state index contributed by atoms with van der Waals surface area (Å²) in [5, 5.41) is 7.85. The lowest BCUT2D eigenvalue weighted by Crippen LogP contribution is -2.38. The van der Waals surface area contributed by atoms with E-state index in [0.29, 0.717) is 23.2 Å². The van der Waals surface area contributed by atoms with Crippen LogP contribution in [0.1, 0.15) is 18.5 Å². The number of carbonyl (C=O) groups is 1. The van der Waals surface area contributed by atoms with E-state index in [1.54, 1.807) is 18.7 Å². The lowest BCUT2D eigenvalue weighted by Gasteiger charge is -2.33. The van der Waals surface area contributed by atoms with Gasteiger partial charge in [0.15, 0.2) is 5.82 Å². The maximum absolute atomic E-state index is 12.9. The fourth-order valence-corrected chi connectivity index (χ4v) is 3.59. The third-order valence-electron chi connectivity index (χ3n) is 4.89. The number of anilines is 1. The number of hydrogen-bond donors (Lipinski definition) is 1. The van der Waals surface area contributed by atoms with Gasteiger partial charge in [0.2, 0.25) is 5.95 Å². The molecule has 2 atom stereocenters. The first-order valence-electron chi connectivity index (χ1n) is 9.41. The van der Waals surface area contributed by atoms with E-state index in [4.69, 9.17) is 14.6 Å². The molecule has 7 heteroatoms. The van der Waals surface area contributed by atoms with Gasteiger partial charge in [0.25, 0.3) is 0 Å². The summed E-state index contributed by atoms with van der Waals surface area (Å²) in [6.45, 7) is 6.14. The molecule has 0 aliphatic carbocycles. The Morgan fingerprint density at radius 2 is 1.90 bits per heavy atom. The van der Waals surface area contributed by atoms with Crippen molar-refractivity contribution >= 4 is 11.9 Å². The van der Waals surface area contributed by atoms with Crippen LogP contribution in [0, 0.1) is 5.92 Å². The number of fused-ring (bicyclic) bond motifs is 1. The number of ether oxygens (including phenoxy) is 2. The van der Waals surface area contributed by atoms with Crippen molar-refractivity contribution in [2.24, 2.45) is 5.92 Å². The minimum absolute atomic E-state index is 0.279. The zero-order chi connectivity index (χ0) is 20.4. The van der Waals surface area contributed by atoms with Crippen LogP contribution >= 0.6 is 0 Å². The van der Waals surface area contributed by atoms with Crippen LogP contribution in [0.2, 0.25) is 0 Å². The van der Waals surface area contributed by atoms with Crippen molar-refractivity contribution in [1.29, 1.82) is 0 Å². The number of carbonyl (C=O) groups excluding carboxylic acids is 1. The van der Waals surface area contributed by atoms with Gasteiger partial charge in [-0.25, -0.2) is 4.68 Å². The average Bonchev–Trinajstić information content (AvgIpc) is 3.17. The van der Waals surface area contributed by atoms with E-state index in [1.807, 2.05) is 54.6 Å². The molecule has 7 nitrogen and oxygen atoms in total. The Kier molecular flexibility index (Phi) is 5.03. The number of para-hydroxylation sites is 1. The molecule has 1 aromatic heterocycles. The van der Waals surface area contributed by atoms with Gasteiger partial charge in [-0.05, 0) is 13.0 Å². The molecule has 2 unspecified atom stereocenters. The Bertz CT molecular complexity index is 1050. The molecule has 1 aliphatic heterocycles. The van der Waals surface area contributed by atoms with E-state index >= 15 is 0 Å². The van der Waals surface area contributed by atoms with Crippen LogP contribution < -0.4 is 10.1 Å². The van der Waals surface area contributed by atoms with Crippen LogP contribution in [0.25, 0.3) is 11.4 Å². The molecule has 0 saturated heterocycles. The van der Waals surface area contributed by atoms with Gasteiger partial charge in [0.05, 0.1) is 13.7 Å². The predicted molar refractivity (Wildman–Crippen MR) is 109 cm³/mol. The van der Waals surface area contributed by atoms with Crippen molar-refractivity contribution < 1.29 is 14.3 Å². The Morgan fingerprint density at radius 1 is 1.17 bits per heavy atom. The quantitative estimate of drug-likeness (QED) is 0.670. The number of aromatic nitrogens is 3. The zero-order valence-corrected chi connectivity index (χ0v) is 16.3. The van der Waals surface area contributed by atoms with Crippen LogP contribution in [0.5, 0.6) is 5.75 Å². The highest BCUT2D eigenvalue weighted by atomic mass is 16.5. The third kappa shape index (κ3) is 3.35. The van der Waals surface area contributed by atoms with Crippen LogP contribution in [-0.2, 0) is 9.53 Å². The standard InChI is InChI=1S/C22H22N4O3/c1-4-29-21(27)18-14(2)23-22-24-20(15-10-6-5-7-11-15)25-26(22)19(18)16-12-8-9-13-17(16)28-3/h5-13,18-19H,2,4H2,1,3H3,(H,23,24,25). The van der Waals surface area contributed by atoms with E-state index in [9.17, 15) is 4.79 Å². The topological polar surface area (TPSA) is 78.3 Å². The number of esters is 1. The Hall–Kier alpha value is -3.61. The van der Waals surface area contributed by atoms with Gasteiger partial charge in [0.1, 0.15) is 17.7 Å². The van der Waals surface area contributed by atoms with E-state index in [-0.39, 0.29) is 12.6 Å². The summed E-state index contributed by atoms with van der Waals surface area (Å²) in [6, 6.07) is 16.7. The molecule has 0 saturated carbocycles. The molecule has 3 aromatic rings. The van der Waals surface area contributed by atoms with Gasteiger partial charge >= 0.3 is 5.97 Å². The highest BCUT2D eigenvalue weighted by molar-refractivity contribution is 5.79. The number of benzene rings is 2. The van der Waals surface area contributed by atoms with E-state index < -0.39 is 12.0 Å². The highest BCUT2D eigenvalue weighted by Gasteiger charge is 2.42. The SMILES string of the molecule is C=C1Nc2nc(-c3ccccc3)nn2C(c2ccccc2OC)C1C(=O)OCC. The van der Waals surface area contributed by atoms with Gasteiger partial charge in [0, 0.05) is 16.8 Å². The highest BCUT2D eigenvalue weighted by Crippen LogP contribution is 2.42. The van der Waals surface area contributed by atoms with Gasteiger partial charge in [-0.1, -0.05) is 55.1 Å². The third-order valence-corrected chi connectivity index (χ3v) is 4.89. The second-order valence-electron chi connectivity index (χ2n) is 6.64. The van der Waals surface area contributed by atoms with Crippen LogP contribution in [0.4, 0.5) is 5.95 Å². The van der Waals surface area contributed by atoms with Gasteiger partial charge in [-0.2, -0.15) is 4.98 Å². The monoisotopic (exact) mass is 390 g/mol. The van der Waals surface area contributed by atoms with Crippen molar-refractivity contribution in [2.45, 2.75) is 13.0 Å². The molecule has 1 N–H and O–H groups in total. The minimum atomic E-state index is -0.677. The molecule has 29 heavy (non-hydrogen) atoms. The Labute approximate surface area is 169 Å². The lowest BCUT2D eigenvalue weighted by atomic mass is 9.88. The normalized spacial score (nSPS) is 17.9. The molecule has 148 valence electrons. The molecule has 0 bridgehead atoms. The minimum Gasteiger partial charge on any atom is -0.496 e. The Balaban J connectivity index is 1.89. The molecular weight excluding hydrogens is 368 g/mol. The first-order valence-corrected chi connectivity index (χ1v) is 9.41. The molecule has 2 aromatic carbocycles. The van der Waals surface area contributed by atoms with E-state index in [0.717, 1.165) is 11.1 Å². The van der Waals surface area contributed by atoms with Crippen LogP contribution in [-0.4, -0.2) is 34.5 Å². The molecule has 4 rings (SSSR count). The van der Waals surface area contributed by atoms with E-state index in [2.05, 4.69) is 16.9 Å². The molecular formula is C22H22N4O3. The van der Waals surface area contributed by atoms with Crippen molar-refractivity contribution in [1.82, 2.24) is 14.8 Å².